The van der Waals surface area contributed by atoms with Crippen molar-refractivity contribution < 1.29 is 14.2 Å². The van der Waals surface area contributed by atoms with Gasteiger partial charge in [0.2, 0.25) is 0 Å². The molecule has 0 saturated carbocycles. The van der Waals surface area contributed by atoms with Gasteiger partial charge in [0.25, 0.3) is 0 Å². The summed E-state index contributed by atoms with van der Waals surface area (Å²) in [5, 5.41) is 0. The molecule has 0 spiro atoms. The zero-order chi connectivity index (χ0) is 13.5. The zero-order valence-corrected chi connectivity index (χ0v) is 11.7. The average Bonchev–Trinajstić information content (AvgIpc) is 2.35. The first kappa shape index (κ1) is 14.6. The third-order valence-electron chi connectivity index (χ3n) is 2.62. The fourth-order valence-corrected chi connectivity index (χ4v) is 1.69. The van der Waals surface area contributed by atoms with Gasteiger partial charge in [-0.05, 0) is 30.0 Å². The van der Waals surface area contributed by atoms with Gasteiger partial charge >= 0.3 is 0 Å². The molecule has 0 unspecified atom stereocenters. The predicted octanol–water partition coefficient (Wildman–Crippen LogP) is 3.67. The predicted molar refractivity (Wildman–Crippen MR) is 73.5 cm³/mol. The van der Waals surface area contributed by atoms with E-state index in [0.29, 0.717) is 12.5 Å². The van der Waals surface area contributed by atoms with Crippen molar-refractivity contribution in [2.75, 3.05) is 20.5 Å². The second-order valence-corrected chi connectivity index (χ2v) is 4.46. The fraction of sp³-hybridized carbons (Fsp3) is 0.467. The Hall–Kier alpha value is -1.48. The molecule has 1 aromatic rings. The third-order valence-corrected chi connectivity index (χ3v) is 2.62. The zero-order valence-electron chi connectivity index (χ0n) is 11.7. The summed E-state index contributed by atoms with van der Waals surface area (Å²) < 4.78 is 16.2. The lowest BCUT2D eigenvalue weighted by Gasteiger charge is -2.17. The molecule has 0 aromatic heterocycles. The van der Waals surface area contributed by atoms with E-state index >= 15 is 0 Å². The Kier molecular flexibility index (Phi) is 5.72. The summed E-state index contributed by atoms with van der Waals surface area (Å²) in [7, 11) is 1.61. The van der Waals surface area contributed by atoms with E-state index < -0.39 is 0 Å². The average molecular weight is 250 g/mol. The van der Waals surface area contributed by atoms with Crippen LogP contribution in [0.5, 0.6) is 11.5 Å². The van der Waals surface area contributed by atoms with Crippen LogP contribution >= 0.6 is 0 Å². The van der Waals surface area contributed by atoms with Crippen molar-refractivity contribution in [2.24, 2.45) is 0 Å². The van der Waals surface area contributed by atoms with Crippen molar-refractivity contribution in [1.82, 2.24) is 0 Å². The van der Waals surface area contributed by atoms with Crippen LogP contribution in [-0.4, -0.2) is 20.5 Å². The van der Waals surface area contributed by atoms with Crippen molar-refractivity contribution in [2.45, 2.75) is 26.7 Å². The Morgan fingerprint density at radius 2 is 1.94 bits per heavy atom. The molecule has 0 saturated heterocycles. The van der Waals surface area contributed by atoms with Gasteiger partial charge in [-0.2, -0.15) is 0 Å². The van der Waals surface area contributed by atoms with Gasteiger partial charge in [0.1, 0.15) is 18.1 Å². The highest BCUT2D eigenvalue weighted by molar-refractivity contribution is 5.47. The molecule has 0 radical (unpaired) electrons. The van der Waals surface area contributed by atoms with Crippen LogP contribution in [0.3, 0.4) is 0 Å². The van der Waals surface area contributed by atoms with Crippen LogP contribution < -0.4 is 9.47 Å². The van der Waals surface area contributed by atoms with Crippen molar-refractivity contribution >= 4 is 0 Å². The second kappa shape index (κ2) is 7.07. The minimum absolute atomic E-state index is 0.240. The number of methoxy groups -OCH3 is 1. The van der Waals surface area contributed by atoms with Gasteiger partial charge in [0, 0.05) is 13.2 Å². The Morgan fingerprint density at radius 3 is 2.50 bits per heavy atom. The molecule has 0 heterocycles. The molecule has 0 aliphatic carbocycles. The highest BCUT2D eigenvalue weighted by atomic mass is 16.7. The lowest BCUT2D eigenvalue weighted by atomic mass is 9.99. The molecule has 18 heavy (non-hydrogen) atoms. The molecule has 0 atom stereocenters. The Morgan fingerprint density at radius 1 is 1.22 bits per heavy atom. The minimum Gasteiger partial charge on any atom is -0.489 e. The molecule has 1 rings (SSSR count). The van der Waals surface area contributed by atoms with Crippen LogP contribution in [0.15, 0.2) is 24.8 Å². The van der Waals surface area contributed by atoms with E-state index in [2.05, 4.69) is 26.5 Å². The molecular formula is C15H22O3. The smallest absolute Gasteiger partial charge is 0.188 e. The van der Waals surface area contributed by atoms with E-state index in [-0.39, 0.29) is 6.79 Å². The Bertz CT molecular complexity index is 397. The summed E-state index contributed by atoms with van der Waals surface area (Å²) in [6, 6.07) is 4.03. The summed E-state index contributed by atoms with van der Waals surface area (Å²) in [6.07, 6.45) is 1.73. The number of aryl methyl sites for hydroxylation is 1. The van der Waals surface area contributed by atoms with E-state index in [9.17, 15) is 0 Å². The van der Waals surface area contributed by atoms with Crippen LogP contribution in [-0.2, 0) is 4.74 Å². The van der Waals surface area contributed by atoms with Gasteiger partial charge in [-0.15, -0.1) is 0 Å². The van der Waals surface area contributed by atoms with Gasteiger partial charge in [0.05, 0.1) is 0 Å². The number of hydrogen-bond acceptors (Lipinski definition) is 3. The molecule has 0 aliphatic rings. The van der Waals surface area contributed by atoms with Crippen molar-refractivity contribution in [3.8, 4) is 11.5 Å². The number of ether oxygens (including phenoxy) is 3. The maximum Gasteiger partial charge on any atom is 0.188 e. The molecule has 3 nitrogen and oxygen atoms in total. The third kappa shape index (κ3) is 3.77. The molecule has 0 N–H and O–H groups in total. The van der Waals surface area contributed by atoms with Crippen molar-refractivity contribution in [1.29, 1.82) is 0 Å². The van der Waals surface area contributed by atoms with E-state index in [4.69, 9.17) is 14.2 Å². The standard InChI is InChI=1S/C15H22O3/c1-6-7-17-14-9-15(18-10-16-5)13(11(2)3)8-12(14)4/h6,8-9,11H,1,7,10H2,2-5H3. The highest BCUT2D eigenvalue weighted by Crippen LogP contribution is 2.33. The Labute approximate surface area is 109 Å². The summed E-state index contributed by atoms with van der Waals surface area (Å²) in [6.45, 7) is 10.7. The van der Waals surface area contributed by atoms with Gasteiger partial charge in [-0.25, -0.2) is 0 Å². The molecule has 1 aromatic carbocycles. The van der Waals surface area contributed by atoms with Gasteiger partial charge in [-0.3, -0.25) is 0 Å². The molecule has 0 fully saturated rings. The van der Waals surface area contributed by atoms with Gasteiger partial charge in [0.15, 0.2) is 6.79 Å². The summed E-state index contributed by atoms with van der Waals surface area (Å²) in [5.74, 6) is 2.03. The van der Waals surface area contributed by atoms with E-state index in [0.717, 1.165) is 22.6 Å². The van der Waals surface area contributed by atoms with Gasteiger partial charge < -0.3 is 14.2 Å². The summed E-state index contributed by atoms with van der Waals surface area (Å²) in [4.78, 5) is 0. The van der Waals surface area contributed by atoms with Crippen LogP contribution in [0.2, 0.25) is 0 Å². The van der Waals surface area contributed by atoms with E-state index in [1.807, 2.05) is 13.0 Å². The first-order chi connectivity index (χ1) is 8.60. The van der Waals surface area contributed by atoms with Crippen molar-refractivity contribution in [3.63, 3.8) is 0 Å². The molecule has 0 amide bonds. The van der Waals surface area contributed by atoms with E-state index in [1.54, 1.807) is 13.2 Å². The maximum absolute atomic E-state index is 5.60. The van der Waals surface area contributed by atoms with Crippen LogP contribution in [0.4, 0.5) is 0 Å². The van der Waals surface area contributed by atoms with Crippen LogP contribution in [0, 0.1) is 6.92 Å². The number of benzene rings is 1. The molecule has 0 bridgehead atoms. The van der Waals surface area contributed by atoms with E-state index in [1.165, 1.54) is 0 Å². The van der Waals surface area contributed by atoms with Crippen LogP contribution in [0.25, 0.3) is 0 Å². The normalized spacial score (nSPS) is 10.5. The quantitative estimate of drug-likeness (QED) is 0.546. The maximum atomic E-state index is 5.60. The topological polar surface area (TPSA) is 27.7 Å². The molecule has 100 valence electrons. The number of rotatable bonds is 7. The largest absolute Gasteiger partial charge is 0.489 e. The minimum atomic E-state index is 0.240. The first-order valence-corrected chi connectivity index (χ1v) is 6.10. The molecule has 0 aliphatic heterocycles. The first-order valence-electron chi connectivity index (χ1n) is 6.10. The lowest BCUT2D eigenvalue weighted by Crippen LogP contribution is -2.04. The summed E-state index contributed by atoms with van der Waals surface area (Å²) >= 11 is 0. The SMILES string of the molecule is C=CCOc1cc(OCOC)c(C(C)C)cc1C. The Balaban J connectivity index is 3.04. The van der Waals surface area contributed by atoms with Crippen LogP contribution in [0.1, 0.15) is 30.9 Å². The fourth-order valence-electron chi connectivity index (χ4n) is 1.69. The monoisotopic (exact) mass is 250 g/mol. The lowest BCUT2D eigenvalue weighted by molar-refractivity contribution is 0.0501. The molecular weight excluding hydrogens is 228 g/mol. The van der Waals surface area contributed by atoms with Gasteiger partial charge in [-0.1, -0.05) is 26.5 Å². The second-order valence-electron chi connectivity index (χ2n) is 4.46. The summed E-state index contributed by atoms with van der Waals surface area (Å²) in [5.41, 5.74) is 2.26. The van der Waals surface area contributed by atoms with Crippen molar-refractivity contribution in [3.05, 3.63) is 35.9 Å². The molecule has 3 heteroatoms. The number of hydrogen-bond donors (Lipinski definition) is 0. The highest BCUT2D eigenvalue weighted by Gasteiger charge is 2.12.